The minimum Gasteiger partial charge on any atom is -0.505 e. The van der Waals surface area contributed by atoms with Gasteiger partial charge in [-0.1, -0.05) is 54.6 Å². The van der Waals surface area contributed by atoms with Crippen LogP contribution in [0.1, 0.15) is 27.2 Å². The Bertz CT molecular complexity index is 2720. The molecule has 1 aromatic heterocycles. The molecule has 6 rings (SSSR count). The smallest absolute Gasteiger partial charge is 0.334 e. The van der Waals surface area contributed by atoms with Crippen LogP contribution in [-0.2, 0) is 29.1 Å². The van der Waals surface area contributed by atoms with Gasteiger partial charge in [0.05, 0.1) is 10.6 Å². The number of hydrogen-bond donors (Lipinski definition) is 5. The number of aromatic hydroxyl groups is 1. The lowest BCUT2D eigenvalue weighted by molar-refractivity contribution is 0.188. The zero-order valence-corrected chi connectivity index (χ0v) is 35.3. The second-order valence-electron chi connectivity index (χ2n) is 13.3. The van der Waals surface area contributed by atoms with Crippen molar-refractivity contribution in [3.63, 3.8) is 0 Å². The molecule has 1 heterocycles. The first kappa shape index (κ1) is 43.0. The van der Waals surface area contributed by atoms with Crippen LogP contribution in [-0.4, -0.2) is 80.9 Å². The predicted octanol–water partition coefficient (Wildman–Crippen LogP) is 8.64. The Labute approximate surface area is 342 Å². The van der Waals surface area contributed by atoms with Crippen LogP contribution in [0.4, 0.5) is 40.6 Å². The molecular formula is C39H44N8O9S2Si. The molecule has 0 radical (unpaired) electrons. The second-order valence-corrected chi connectivity index (χ2v) is 19.4. The molecule has 5 aromatic carbocycles. The summed E-state index contributed by atoms with van der Waals surface area (Å²) in [7, 11) is -11.9. The summed E-state index contributed by atoms with van der Waals surface area (Å²) in [5.74, 6) is -0.0702. The van der Waals surface area contributed by atoms with E-state index in [0.717, 1.165) is 17.8 Å². The Morgan fingerprint density at radius 3 is 2.08 bits per heavy atom. The molecule has 0 saturated heterocycles. The van der Waals surface area contributed by atoms with E-state index >= 15 is 0 Å². The fourth-order valence-electron chi connectivity index (χ4n) is 6.62. The van der Waals surface area contributed by atoms with Gasteiger partial charge in [0.15, 0.2) is 5.75 Å². The van der Waals surface area contributed by atoms with Crippen LogP contribution >= 0.6 is 0 Å². The summed E-state index contributed by atoms with van der Waals surface area (Å²) < 4.78 is 82.2. The van der Waals surface area contributed by atoms with Gasteiger partial charge in [-0.15, -0.1) is 10.2 Å². The van der Waals surface area contributed by atoms with Crippen LogP contribution in [0.15, 0.2) is 111 Å². The highest BCUT2D eigenvalue weighted by molar-refractivity contribution is 7.86. The Morgan fingerprint density at radius 2 is 1.41 bits per heavy atom. The number of nitrogens with one attached hydrogen (secondary N) is 2. The number of hydrogen-bond acceptors (Lipinski definition) is 15. The second kappa shape index (κ2) is 18.1. The van der Waals surface area contributed by atoms with Gasteiger partial charge in [0.1, 0.15) is 16.3 Å². The predicted molar refractivity (Wildman–Crippen MR) is 228 cm³/mol. The first-order valence-electron chi connectivity index (χ1n) is 18.7. The van der Waals surface area contributed by atoms with E-state index in [-0.39, 0.29) is 51.1 Å². The van der Waals surface area contributed by atoms with E-state index in [0.29, 0.717) is 44.2 Å². The first-order valence-corrected chi connectivity index (χ1v) is 24.1. The van der Waals surface area contributed by atoms with Gasteiger partial charge in [0, 0.05) is 42.8 Å². The van der Waals surface area contributed by atoms with E-state index in [9.17, 15) is 31.0 Å². The average Bonchev–Trinajstić information content (AvgIpc) is 3.19. The Morgan fingerprint density at radius 1 is 0.763 bits per heavy atom. The molecule has 0 aliphatic carbocycles. The number of aromatic nitrogens is 3. The van der Waals surface area contributed by atoms with Gasteiger partial charge in [0.25, 0.3) is 20.2 Å². The third kappa shape index (κ3) is 10.2. The highest BCUT2D eigenvalue weighted by Crippen LogP contribution is 2.43. The van der Waals surface area contributed by atoms with Crippen molar-refractivity contribution < 1.29 is 39.9 Å². The van der Waals surface area contributed by atoms with Gasteiger partial charge in [-0.3, -0.25) is 9.11 Å². The maximum atomic E-state index is 12.5. The molecule has 0 saturated carbocycles. The third-order valence-electron chi connectivity index (χ3n) is 9.21. The van der Waals surface area contributed by atoms with Crippen molar-refractivity contribution in [3.8, 4) is 5.75 Å². The number of azo groups is 1. The van der Waals surface area contributed by atoms with Gasteiger partial charge in [-0.05, 0) is 87.0 Å². The molecule has 0 atom stereocenters. The average molecular weight is 861 g/mol. The molecule has 59 heavy (non-hydrogen) atoms. The molecule has 310 valence electrons. The summed E-state index contributed by atoms with van der Waals surface area (Å²) in [5, 5.41) is 27.2. The standard InChI is InChI=1S/C39H44N8O9S2Si/c1-5-47(28-15-9-8-10-16-28)39-43-37(40-22-13-23-59(4,55-6-2)56-7-3)42-38(44-39)41-33-25-29(57(49,50)51)24-27-19-20-31(35(48)34(27)33)45-46-32-21-18-26-14-11-12-17-30(26)36(32)58(52,53)54/h8-12,14-21,24-25,48H,5-7,13,22-23H2,1-4H3,(H,49,50,51)(H,52,53,54)(H2,40,41,42,43,44)/b46-45+. The summed E-state index contributed by atoms with van der Waals surface area (Å²) in [6.07, 6.45) is 0.680. The molecule has 0 spiro atoms. The van der Waals surface area contributed by atoms with Gasteiger partial charge in [0.2, 0.25) is 17.8 Å². The maximum Gasteiger partial charge on any atom is 0.334 e. The van der Waals surface area contributed by atoms with Crippen LogP contribution in [0.2, 0.25) is 12.6 Å². The topological polar surface area (TPSA) is 238 Å². The minimum atomic E-state index is -4.77. The van der Waals surface area contributed by atoms with E-state index < -0.39 is 44.3 Å². The normalized spacial score (nSPS) is 12.4. The van der Waals surface area contributed by atoms with Crippen LogP contribution in [0.5, 0.6) is 5.75 Å². The molecule has 0 amide bonds. The molecule has 6 aromatic rings. The fourth-order valence-corrected chi connectivity index (χ4v) is 10.4. The number of fused-ring (bicyclic) bond motifs is 2. The number of rotatable bonds is 18. The number of para-hydroxylation sites is 1. The summed E-state index contributed by atoms with van der Waals surface area (Å²) in [6.45, 7) is 9.82. The lowest BCUT2D eigenvalue weighted by atomic mass is 10.1. The van der Waals surface area contributed by atoms with E-state index in [2.05, 4.69) is 30.8 Å². The van der Waals surface area contributed by atoms with Crippen molar-refractivity contribution in [2.24, 2.45) is 10.2 Å². The molecule has 0 fully saturated rings. The molecular weight excluding hydrogens is 817 g/mol. The number of phenolic OH excluding ortho intramolecular Hbond substituents is 1. The number of benzene rings is 5. The van der Waals surface area contributed by atoms with Gasteiger partial charge in [-0.25, -0.2) is 0 Å². The Balaban J connectivity index is 1.43. The van der Waals surface area contributed by atoms with Crippen LogP contribution < -0.4 is 15.5 Å². The molecule has 17 nitrogen and oxygen atoms in total. The molecule has 0 unspecified atom stereocenters. The van der Waals surface area contributed by atoms with E-state index in [1.54, 1.807) is 24.3 Å². The summed E-state index contributed by atoms with van der Waals surface area (Å²) in [6, 6.07) is 24.7. The third-order valence-corrected chi connectivity index (χ3v) is 14.0. The SMILES string of the molecule is CCO[Si](C)(CCCNc1nc(Nc2cc(S(=O)(=O)O)cc3ccc(/N=N/c4ccc5ccccc5c4S(=O)(=O)O)c(O)c23)nc(N(CC)c2ccccc2)n1)OCC. The summed E-state index contributed by atoms with van der Waals surface area (Å²) in [5.41, 5.74) is 0.438. The lowest BCUT2D eigenvalue weighted by Crippen LogP contribution is -2.39. The molecule has 0 bridgehead atoms. The minimum absolute atomic E-state index is 0.0324. The monoisotopic (exact) mass is 860 g/mol. The summed E-state index contributed by atoms with van der Waals surface area (Å²) >= 11 is 0. The molecule has 5 N–H and O–H groups in total. The van der Waals surface area contributed by atoms with Crippen LogP contribution in [0, 0.1) is 0 Å². The zero-order valence-electron chi connectivity index (χ0n) is 32.7. The highest BCUT2D eigenvalue weighted by Gasteiger charge is 2.30. The number of nitrogens with zero attached hydrogens (tertiary/aromatic N) is 6. The van der Waals surface area contributed by atoms with Gasteiger partial charge in [-0.2, -0.15) is 31.8 Å². The first-order chi connectivity index (χ1) is 28.1. The van der Waals surface area contributed by atoms with E-state index in [1.807, 2.05) is 62.5 Å². The fraction of sp³-hybridized carbons (Fsp3) is 0.256. The van der Waals surface area contributed by atoms with Crippen LogP contribution in [0.25, 0.3) is 21.5 Å². The van der Waals surface area contributed by atoms with Crippen molar-refractivity contribution >= 4 is 90.9 Å². The van der Waals surface area contributed by atoms with Crippen molar-refractivity contribution in [1.82, 2.24) is 15.0 Å². The van der Waals surface area contributed by atoms with Crippen LogP contribution in [0.3, 0.4) is 0 Å². The highest BCUT2D eigenvalue weighted by atomic mass is 32.2. The van der Waals surface area contributed by atoms with E-state index in [1.165, 1.54) is 24.3 Å². The molecule has 0 aliphatic heterocycles. The lowest BCUT2D eigenvalue weighted by Gasteiger charge is -2.26. The van der Waals surface area contributed by atoms with Gasteiger partial charge >= 0.3 is 8.56 Å². The van der Waals surface area contributed by atoms with Crippen molar-refractivity contribution in [2.45, 2.75) is 49.6 Å². The zero-order chi connectivity index (χ0) is 42.4. The Kier molecular flexibility index (Phi) is 13.2. The Hall–Kier alpha value is -5.61. The number of phenols is 1. The number of anilines is 5. The molecule has 20 heteroatoms. The maximum absolute atomic E-state index is 12.5. The van der Waals surface area contributed by atoms with Crippen molar-refractivity contribution in [1.29, 1.82) is 0 Å². The quantitative estimate of drug-likeness (QED) is 0.0235. The largest absolute Gasteiger partial charge is 0.505 e. The van der Waals surface area contributed by atoms with Crippen molar-refractivity contribution in [2.75, 3.05) is 41.8 Å². The molecule has 0 aliphatic rings. The van der Waals surface area contributed by atoms with Gasteiger partial charge < -0.3 is 29.5 Å². The van der Waals surface area contributed by atoms with Crippen molar-refractivity contribution in [3.05, 3.63) is 91.0 Å². The van der Waals surface area contributed by atoms with E-state index in [4.69, 9.17) is 13.8 Å². The summed E-state index contributed by atoms with van der Waals surface area (Å²) in [4.78, 5) is 14.9.